The third kappa shape index (κ3) is 2.23. The predicted molar refractivity (Wildman–Crippen MR) is 46.2 cm³/mol. The van der Waals surface area contributed by atoms with Crippen LogP contribution < -0.4 is 0 Å². The summed E-state index contributed by atoms with van der Waals surface area (Å²) >= 11 is 2.94. The second kappa shape index (κ2) is 4.42. The first kappa shape index (κ1) is 11.0. The van der Waals surface area contributed by atoms with Crippen LogP contribution in [0.2, 0.25) is 0 Å². The van der Waals surface area contributed by atoms with Gasteiger partial charge in [-0.2, -0.15) is 9.65 Å². The number of rotatable bonds is 2. The molecule has 0 saturated heterocycles. The van der Waals surface area contributed by atoms with Gasteiger partial charge in [0.05, 0.1) is 23.7 Å². The summed E-state index contributed by atoms with van der Waals surface area (Å²) in [7, 11) is 0. The number of alkyl halides is 2. The fourth-order valence-corrected chi connectivity index (χ4v) is 1.34. The molecule has 0 spiro atoms. The molecule has 0 aliphatic rings. The SMILES string of the molecule is N#CCc1nc(F)c(C(F)F)cc1Br. The molecule has 0 bridgehead atoms. The van der Waals surface area contributed by atoms with Crippen molar-refractivity contribution in [2.45, 2.75) is 12.8 Å². The Morgan fingerprint density at radius 2 is 2.21 bits per heavy atom. The summed E-state index contributed by atoms with van der Waals surface area (Å²) in [5.74, 6) is -1.23. The van der Waals surface area contributed by atoms with E-state index in [0.717, 1.165) is 6.07 Å². The van der Waals surface area contributed by atoms with Gasteiger partial charge in [-0.1, -0.05) is 0 Å². The van der Waals surface area contributed by atoms with Gasteiger partial charge < -0.3 is 0 Å². The van der Waals surface area contributed by atoms with Crippen LogP contribution >= 0.6 is 15.9 Å². The van der Waals surface area contributed by atoms with Crippen molar-refractivity contribution in [2.24, 2.45) is 0 Å². The molecule has 74 valence electrons. The maximum Gasteiger partial charge on any atom is 0.268 e. The van der Waals surface area contributed by atoms with E-state index >= 15 is 0 Å². The van der Waals surface area contributed by atoms with E-state index in [2.05, 4.69) is 20.9 Å². The quantitative estimate of drug-likeness (QED) is 0.771. The number of hydrogen-bond donors (Lipinski definition) is 0. The summed E-state index contributed by atoms with van der Waals surface area (Å²) < 4.78 is 37.4. The van der Waals surface area contributed by atoms with Crippen LogP contribution in [0.1, 0.15) is 17.7 Å². The lowest BCUT2D eigenvalue weighted by Crippen LogP contribution is -2.00. The normalized spacial score (nSPS) is 10.3. The standard InChI is InChI=1S/C8H4BrF3N2/c9-5-3-4(7(10)11)8(12)14-6(5)1-2-13/h3,7H,1H2. The van der Waals surface area contributed by atoms with E-state index in [-0.39, 0.29) is 16.6 Å². The highest BCUT2D eigenvalue weighted by molar-refractivity contribution is 9.10. The van der Waals surface area contributed by atoms with Crippen LogP contribution in [-0.2, 0) is 6.42 Å². The molecule has 0 aromatic carbocycles. The van der Waals surface area contributed by atoms with Gasteiger partial charge in [-0.3, -0.25) is 0 Å². The zero-order chi connectivity index (χ0) is 10.7. The fourth-order valence-electron chi connectivity index (χ4n) is 0.868. The molecule has 2 nitrogen and oxygen atoms in total. The Morgan fingerprint density at radius 3 is 2.71 bits per heavy atom. The van der Waals surface area contributed by atoms with Crippen LogP contribution in [0.15, 0.2) is 10.5 Å². The summed E-state index contributed by atoms with van der Waals surface area (Å²) in [6.07, 6.45) is -3.03. The number of hydrogen-bond acceptors (Lipinski definition) is 2. The first-order valence-corrected chi connectivity index (χ1v) is 4.35. The van der Waals surface area contributed by atoms with Crippen LogP contribution in [0, 0.1) is 17.3 Å². The summed E-state index contributed by atoms with van der Waals surface area (Å²) in [4.78, 5) is 3.27. The average Bonchev–Trinajstić information content (AvgIpc) is 2.10. The molecule has 0 N–H and O–H groups in total. The van der Waals surface area contributed by atoms with Crippen molar-refractivity contribution in [1.29, 1.82) is 5.26 Å². The van der Waals surface area contributed by atoms with Gasteiger partial charge in [0.2, 0.25) is 5.95 Å². The van der Waals surface area contributed by atoms with Gasteiger partial charge in [0.25, 0.3) is 6.43 Å². The Balaban J connectivity index is 3.18. The van der Waals surface area contributed by atoms with Crippen LogP contribution in [0.3, 0.4) is 0 Å². The van der Waals surface area contributed by atoms with Gasteiger partial charge in [-0.15, -0.1) is 0 Å². The van der Waals surface area contributed by atoms with Gasteiger partial charge in [0, 0.05) is 4.47 Å². The highest BCUT2D eigenvalue weighted by atomic mass is 79.9. The number of halogens is 4. The van der Waals surface area contributed by atoms with Gasteiger partial charge in [-0.05, 0) is 22.0 Å². The predicted octanol–water partition coefficient (Wildman–Crippen LogP) is 2.99. The maximum absolute atomic E-state index is 12.9. The summed E-state index contributed by atoms with van der Waals surface area (Å²) in [6.45, 7) is 0. The first-order valence-electron chi connectivity index (χ1n) is 3.56. The van der Waals surface area contributed by atoms with E-state index in [1.165, 1.54) is 0 Å². The van der Waals surface area contributed by atoms with Crippen molar-refractivity contribution in [3.63, 3.8) is 0 Å². The molecular weight excluding hydrogens is 261 g/mol. The molecular formula is C8H4BrF3N2. The minimum absolute atomic E-state index is 0.120. The maximum atomic E-state index is 12.9. The Morgan fingerprint density at radius 1 is 1.57 bits per heavy atom. The minimum atomic E-state index is -2.91. The summed E-state index contributed by atoms with van der Waals surface area (Å²) in [6, 6.07) is 2.70. The molecule has 1 aromatic heterocycles. The third-order valence-corrected chi connectivity index (χ3v) is 2.20. The lowest BCUT2D eigenvalue weighted by Gasteiger charge is -2.04. The summed E-state index contributed by atoms with van der Waals surface area (Å²) in [5.41, 5.74) is -0.645. The van der Waals surface area contributed by atoms with Gasteiger partial charge >= 0.3 is 0 Å². The van der Waals surface area contributed by atoms with E-state index in [9.17, 15) is 13.2 Å². The van der Waals surface area contributed by atoms with Gasteiger partial charge in [-0.25, -0.2) is 13.8 Å². The Kier molecular flexibility index (Phi) is 3.47. The largest absolute Gasteiger partial charge is 0.268 e. The zero-order valence-corrected chi connectivity index (χ0v) is 8.35. The average molecular weight is 265 g/mol. The molecule has 14 heavy (non-hydrogen) atoms. The Labute approximate surface area is 86.5 Å². The van der Waals surface area contributed by atoms with Crippen molar-refractivity contribution in [1.82, 2.24) is 4.98 Å². The van der Waals surface area contributed by atoms with Crippen LogP contribution in [0.4, 0.5) is 13.2 Å². The topological polar surface area (TPSA) is 36.7 Å². The highest BCUT2D eigenvalue weighted by Crippen LogP contribution is 2.26. The number of aromatic nitrogens is 1. The zero-order valence-electron chi connectivity index (χ0n) is 6.77. The lowest BCUT2D eigenvalue weighted by molar-refractivity contribution is 0.145. The fraction of sp³-hybridized carbons (Fsp3) is 0.250. The number of pyridine rings is 1. The summed E-state index contributed by atoms with van der Waals surface area (Å²) in [5, 5.41) is 8.33. The Bertz CT molecular complexity index is 387. The van der Waals surface area contributed by atoms with Crippen molar-refractivity contribution >= 4 is 15.9 Å². The molecule has 0 atom stereocenters. The molecule has 6 heteroatoms. The second-order valence-electron chi connectivity index (χ2n) is 2.43. The van der Waals surface area contributed by atoms with E-state index in [0.29, 0.717) is 0 Å². The molecule has 1 aromatic rings. The van der Waals surface area contributed by atoms with Crippen LogP contribution in [0.5, 0.6) is 0 Å². The van der Waals surface area contributed by atoms with E-state index in [4.69, 9.17) is 5.26 Å². The first-order chi connectivity index (χ1) is 6.56. The van der Waals surface area contributed by atoms with Gasteiger partial charge in [0.15, 0.2) is 0 Å². The third-order valence-electron chi connectivity index (χ3n) is 1.51. The van der Waals surface area contributed by atoms with Gasteiger partial charge in [0.1, 0.15) is 0 Å². The molecule has 1 rings (SSSR count). The molecule has 0 radical (unpaired) electrons. The molecule has 0 unspecified atom stereocenters. The second-order valence-corrected chi connectivity index (χ2v) is 3.29. The monoisotopic (exact) mass is 264 g/mol. The molecule has 1 heterocycles. The lowest BCUT2D eigenvalue weighted by atomic mass is 10.2. The van der Waals surface area contributed by atoms with Crippen molar-refractivity contribution in [2.75, 3.05) is 0 Å². The number of nitrogens with zero attached hydrogens (tertiary/aromatic N) is 2. The van der Waals surface area contributed by atoms with E-state index in [1.54, 1.807) is 6.07 Å². The molecule has 0 aliphatic carbocycles. The van der Waals surface area contributed by atoms with E-state index in [1.807, 2.05) is 0 Å². The van der Waals surface area contributed by atoms with Crippen LogP contribution in [-0.4, -0.2) is 4.98 Å². The van der Waals surface area contributed by atoms with Crippen molar-refractivity contribution < 1.29 is 13.2 Å². The van der Waals surface area contributed by atoms with Crippen LogP contribution in [0.25, 0.3) is 0 Å². The molecule has 0 amide bonds. The smallest absolute Gasteiger partial charge is 0.222 e. The molecule has 0 aliphatic heterocycles. The molecule has 0 saturated carbocycles. The Hall–Kier alpha value is -1.09. The highest BCUT2D eigenvalue weighted by Gasteiger charge is 2.17. The molecule has 0 fully saturated rings. The number of nitriles is 1. The van der Waals surface area contributed by atoms with Crippen molar-refractivity contribution in [3.05, 3.63) is 27.7 Å². The van der Waals surface area contributed by atoms with E-state index < -0.39 is 17.9 Å². The van der Waals surface area contributed by atoms with Crippen molar-refractivity contribution in [3.8, 4) is 6.07 Å². The minimum Gasteiger partial charge on any atom is -0.222 e.